The van der Waals surface area contributed by atoms with Crippen molar-refractivity contribution < 1.29 is 4.52 Å². The number of rotatable bonds is 5. The summed E-state index contributed by atoms with van der Waals surface area (Å²) >= 11 is 0. The second kappa shape index (κ2) is 7.08. The minimum absolute atomic E-state index is 0.664. The van der Waals surface area contributed by atoms with Crippen LogP contribution < -0.4 is 0 Å². The van der Waals surface area contributed by atoms with Crippen LogP contribution in [0.25, 0.3) is 0 Å². The maximum Gasteiger partial charge on any atom is 0.150 e. The van der Waals surface area contributed by atoms with Crippen LogP contribution in [-0.4, -0.2) is 40.6 Å². The average molecular weight is 325 g/mol. The van der Waals surface area contributed by atoms with E-state index in [1.54, 1.807) is 0 Å². The molecule has 3 fully saturated rings. The van der Waals surface area contributed by atoms with Crippen molar-refractivity contribution in [2.75, 3.05) is 19.6 Å². The van der Waals surface area contributed by atoms with Gasteiger partial charge in [-0.1, -0.05) is 42.4 Å². The summed E-state index contributed by atoms with van der Waals surface area (Å²) in [7, 11) is 0. The third-order valence-corrected chi connectivity index (χ3v) is 5.48. The van der Waals surface area contributed by atoms with Gasteiger partial charge >= 0.3 is 0 Å². The third-order valence-electron chi connectivity index (χ3n) is 5.48. The Kier molecular flexibility index (Phi) is 4.67. The van der Waals surface area contributed by atoms with E-state index in [9.17, 15) is 0 Å². The molecule has 4 nitrogen and oxygen atoms in total. The molecule has 0 amide bonds. The Balaban J connectivity index is 1.42. The molecule has 5 rings (SSSR count). The Labute approximate surface area is 144 Å². The first kappa shape index (κ1) is 15.9. The van der Waals surface area contributed by atoms with Crippen LogP contribution in [0.2, 0.25) is 0 Å². The van der Waals surface area contributed by atoms with Gasteiger partial charge in [-0.3, -0.25) is 9.80 Å². The summed E-state index contributed by atoms with van der Waals surface area (Å²) in [6, 6.07) is 13.7. The van der Waals surface area contributed by atoms with Crippen molar-refractivity contribution in [1.82, 2.24) is 15.0 Å². The Morgan fingerprint density at radius 3 is 2.75 bits per heavy atom. The highest BCUT2D eigenvalue weighted by Gasteiger charge is 2.34. The van der Waals surface area contributed by atoms with E-state index in [1.807, 2.05) is 0 Å². The van der Waals surface area contributed by atoms with Gasteiger partial charge in [-0.15, -0.1) is 0 Å². The van der Waals surface area contributed by atoms with Gasteiger partial charge in [0, 0.05) is 38.3 Å². The highest BCUT2D eigenvalue weighted by atomic mass is 16.5. The number of aromatic nitrogens is 1. The summed E-state index contributed by atoms with van der Waals surface area (Å²) in [5.74, 6) is 1.80. The molecule has 0 unspecified atom stereocenters. The zero-order chi connectivity index (χ0) is 16.4. The van der Waals surface area contributed by atoms with E-state index in [1.165, 1.54) is 31.5 Å². The van der Waals surface area contributed by atoms with E-state index >= 15 is 0 Å². The monoisotopic (exact) mass is 325 g/mol. The first-order valence-electron chi connectivity index (χ1n) is 9.25. The molecule has 4 heteroatoms. The number of benzene rings is 1. The van der Waals surface area contributed by atoms with Crippen molar-refractivity contribution in [3.05, 3.63) is 53.4 Å². The Bertz CT molecular complexity index is 654. The van der Waals surface area contributed by atoms with E-state index in [-0.39, 0.29) is 0 Å². The van der Waals surface area contributed by atoms with Gasteiger partial charge < -0.3 is 4.52 Å². The Hall–Kier alpha value is -1.65. The molecule has 3 saturated heterocycles. The molecule has 2 bridgehead atoms. The predicted octanol–water partition coefficient (Wildman–Crippen LogP) is 3.33. The minimum atomic E-state index is 0.664. The molecule has 3 aliphatic heterocycles. The maximum atomic E-state index is 5.51. The topological polar surface area (TPSA) is 32.5 Å². The summed E-state index contributed by atoms with van der Waals surface area (Å²) < 4.78 is 5.51. The molecule has 0 N–H and O–H groups in total. The molecule has 2 aromatic rings. The van der Waals surface area contributed by atoms with Gasteiger partial charge in [0.1, 0.15) is 0 Å². The van der Waals surface area contributed by atoms with Crippen LogP contribution in [0.1, 0.15) is 36.8 Å². The fourth-order valence-electron chi connectivity index (χ4n) is 4.23. The van der Waals surface area contributed by atoms with E-state index in [2.05, 4.69) is 58.3 Å². The molecule has 24 heavy (non-hydrogen) atoms. The number of hydrogen-bond donors (Lipinski definition) is 0. The fourth-order valence-corrected chi connectivity index (χ4v) is 4.23. The first-order valence-corrected chi connectivity index (χ1v) is 9.25. The van der Waals surface area contributed by atoms with Crippen LogP contribution in [0.15, 0.2) is 40.9 Å². The van der Waals surface area contributed by atoms with Crippen molar-refractivity contribution in [2.24, 2.45) is 5.92 Å². The standard InChI is InChI=1S/C20H27N3O/c1-2-18-10-20(24-21-18)15-22-11-17-8-9-19(14-22)23(13-17)12-16-6-4-3-5-7-16/h3-7,10,17,19H,2,8-9,11-15H2,1H3/t17-,19+/m0/s1. The molecule has 2 atom stereocenters. The lowest BCUT2D eigenvalue weighted by molar-refractivity contribution is 0.122. The summed E-state index contributed by atoms with van der Waals surface area (Å²) in [6.45, 7) is 7.66. The number of aryl methyl sites for hydroxylation is 1. The highest BCUT2D eigenvalue weighted by Crippen LogP contribution is 2.30. The average Bonchev–Trinajstić information content (AvgIpc) is 2.88. The van der Waals surface area contributed by atoms with E-state index < -0.39 is 0 Å². The van der Waals surface area contributed by atoms with Crippen LogP contribution in [-0.2, 0) is 19.5 Å². The van der Waals surface area contributed by atoms with E-state index in [0.29, 0.717) is 6.04 Å². The summed E-state index contributed by atoms with van der Waals surface area (Å²) in [5.41, 5.74) is 2.49. The summed E-state index contributed by atoms with van der Waals surface area (Å²) in [4.78, 5) is 5.27. The van der Waals surface area contributed by atoms with Gasteiger partial charge in [0.2, 0.25) is 0 Å². The van der Waals surface area contributed by atoms with Gasteiger partial charge in [-0.2, -0.15) is 0 Å². The second-order valence-corrected chi connectivity index (χ2v) is 7.34. The van der Waals surface area contributed by atoms with E-state index in [0.717, 1.165) is 43.4 Å². The lowest BCUT2D eigenvalue weighted by Crippen LogP contribution is -2.43. The van der Waals surface area contributed by atoms with Crippen LogP contribution in [0.4, 0.5) is 0 Å². The minimum Gasteiger partial charge on any atom is -0.360 e. The molecule has 0 saturated carbocycles. The first-order chi connectivity index (χ1) is 11.8. The van der Waals surface area contributed by atoms with Crippen LogP contribution in [0.3, 0.4) is 0 Å². The fraction of sp³-hybridized carbons (Fsp3) is 0.550. The van der Waals surface area contributed by atoms with E-state index in [4.69, 9.17) is 4.52 Å². The lowest BCUT2D eigenvalue weighted by Gasteiger charge is -2.36. The third kappa shape index (κ3) is 3.55. The van der Waals surface area contributed by atoms with Gasteiger partial charge in [0.25, 0.3) is 0 Å². The Morgan fingerprint density at radius 2 is 1.96 bits per heavy atom. The molecule has 1 aromatic carbocycles. The van der Waals surface area contributed by atoms with Gasteiger partial charge in [0.05, 0.1) is 12.2 Å². The zero-order valence-corrected chi connectivity index (χ0v) is 14.5. The molecular formula is C20H27N3O. The maximum absolute atomic E-state index is 5.51. The van der Waals surface area contributed by atoms with Gasteiger partial charge in [-0.05, 0) is 30.7 Å². The molecule has 128 valence electrons. The number of nitrogens with zero attached hydrogens (tertiary/aromatic N) is 3. The van der Waals surface area contributed by atoms with Crippen LogP contribution >= 0.6 is 0 Å². The summed E-state index contributed by atoms with van der Waals surface area (Å²) in [6.07, 6.45) is 3.63. The van der Waals surface area contributed by atoms with Crippen molar-refractivity contribution in [3.8, 4) is 0 Å². The smallest absolute Gasteiger partial charge is 0.150 e. The van der Waals surface area contributed by atoms with Crippen LogP contribution in [0.5, 0.6) is 0 Å². The lowest BCUT2D eigenvalue weighted by atomic mass is 9.94. The van der Waals surface area contributed by atoms with Crippen molar-refractivity contribution in [2.45, 2.75) is 45.3 Å². The molecule has 1 aromatic heterocycles. The van der Waals surface area contributed by atoms with Crippen LogP contribution in [0, 0.1) is 5.92 Å². The van der Waals surface area contributed by atoms with Crippen molar-refractivity contribution in [3.63, 3.8) is 0 Å². The van der Waals surface area contributed by atoms with Gasteiger partial charge in [-0.25, -0.2) is 0 Å². The SMILES string of the molecule is CCc1cc(CN2C[C@@H]3CC[C@H](C2)N(Cc2ccccc2)C3)on1. The molecule has 3 aliphatic rings. The number of piperidine rings is 1. The normalized spacial score (nSPS) is 25.0. The molecule has 0 spiro atoms. The molecule has 0 radical (unpaired) electrons. The van der Waals surface area contributed by atoms with Gasteiger partial charge in [0.15, 0.2) is 5.76 Å². The summed E-state index contributed by atoms with van der Waals surface area (Å²) in [5, 5.41) is 4.14. The quantitative estimate of drug-likeness (QED) is 0.844. The molecule has 4 heterocycles. The zero-order valence-electron chi connectivity index (χ0n) is 14.5. The largest absolute Gasteiger partial charge is 0.360 e. The Morgan fingerprint density at radius 1 is 1.08 bits per heavy atom. The number of hydrogen-bond acceptors (Lipinski definition) is 4. The molecule has 0 aliphatic carbocycles. The number of fused-ring (bicyclic) bond motifs is 4. The second-order valence-electron chi connectivity index (χ2n) is 7.34. The van der Waals surface area contributed by atoms with Crippen molar-refractivity contribution in [1.29, 1.82) is 0 Å². The van der Waals surface area contributed by atoms with Crippen molar-refractivity contribution >= 4 is 0 Å². The molecular weight excluding hydrogens is 298 g/mol. The predicted molar refractivity (Wildman–Crippen MR) is 94.5 cm³/mol. The highest BCUT2D eigenvalue weighted by molar-refractivity contribution is 5.15.